The van der Waals surface area contributed by atoms with Gasteiger partial charge in [0.25, 0.3) is 5.91 Å². The number of nitrogens with one attached hydrogen (secondary N) is 1. The van der Waals surface area contributed by atoms with Gasteiger partial charge < -0.3 is 15.0 Å². The van der Waals surface area contributed by atoms with E-state index in [1.165, 1.54) is 18.9 Å². The fourth-order valence-corrected chi connectivity index (χ4v) is 2.80. The lowest BCUT2D eigenvalue weighted by Gasteiger charge is -2.21. The second-order valence-corrected chi connectivity index (χ2v) is 6.29. The standard InChI is InChI=1S/C22H22N4O3/c1-3-26(15-16-8-5-4-6-9-16)20-14-23-19(13-24-20)21(27)25-18-11-7-10-17(12-18)22(28)29-2/h4-14H,3,15H2,1-2H3,(H,25,27). The number of methoxy groups -OCH3 is 1. The van der Waals surface area contributed by atoms with E-state index in [-0.39, 0.29) is 5.69 Å². The molecule has 0 bridgehead atoms. The van der Waals surface area contributed by atoms with E-state index in [1.54, 1.807) is 30.5 Å². The zero-order valence-electron chi connectivity index (χ0n) is 16.3. The van der Waals surface area contributed by atoms with Crippen LogP contribution < -0.4 is 10.2 Å². The van der Waals surface area contributed by atoms with Gasteiger partial charge in [0, 0.05) is 18.8 Å². The van der Waals surface area contributed by atoms with Crippen molar-refractivity contribution in [3.05, 3.63) is 83.8 Å². The molecule has 0 spiro atoms. The molecule has 0 radical (unpaired) electrons. The highest BCUT2D eigenvalue weighted by Gasteiger charge is 2.13. The molecular formula is C22H22N4O3. The number of ether oxygens (including phenoxy) is 1. The Morgan fingerprint density at radius 3 is 2.48 bits per heavy atom. The summed E-state index contributed by atoms with van der Waals surface area (Å²) < 4.78 is 4.69. The van der Waals surface area contributed by atoms with Crippen molar-refractivity contribution in [3.8, 4) is 0 Å². The monoisotopic (exact) mass is 390 g/mol. The van der Waals surface area contributed by atoms with Crippen LogP contribution in [0, 0.1) is 0 Å². The van der Waals surface area contributed by atoms with Crippen molar-refractivity contribution < 1.29 is 14.3 Å². The molecule has 1 aromatic heterocycles. The first kappa shape index (κ1) is 20.0. The fraction of sp³-hybridized carbons (Fsp3) is 0.182. The second-order valence-electron chi connectivity index (χ2n) is 6.29. The first-order valence-electron chi connectivity index (χ1n) is 9.21. The van der Waals surface area contributed by atoms with Crippen LogP contribution in [0.2, 0.25) is 0 Å². The molecule has 3 rings (SSSR count). The number of anilines is 2. The predicted octanol–water partition coefficient (Wildman–Crippen LogP) is 3.54. The molecule has 0 aliphatic rings. The van der Waals surface area contributed by atoms with Crippen molar-refractivity contribution in [1.82, 2.24) is 9.97 Å². The third-order valence-corrected chi connectivity index (χ3v) is 4.33. The lowest BCUT2D eigenvalue weighted by Crippen LogP contribution is -2.24. The van der Waals surface area contributed by atoms with Crippen molar-refractivity contribution in [2.24, 2.45) is 0 Å². The van der Waals surface area contributed by atoms with Crippen LogP contribution in [0.25, 0.3) is 0 Å². The molecule has 3 aromatic rings. The largest absolute Gasteiger partial charge is 0.465 e. The third-order valence-electron chi connectivity index (χ3n) is 4.33. The van der Waals surface area contributed by atoms with Gasteiger partial charge in [0.2, 0.25) is 0 Å². The molecule has 0 aliphatic heterocycles. The SMILES string of the molecule is CCN(Cc1ccccc1)c1cnc(C(=O)Nc2cccc(C(=O)OC)c2)cn1. The van der Waals surface area contributed by atoms with Crippen LogP contribution in [0.15, 0.2) is 67.0 Å². The van der Waals surface area contributed by atoms with Crippen LogP contribution in [0.1, 0.15) is 33.3 Å². The predicted molar refractivity (Wildman–Crippen MR) is 111 cm³/mol. The number of esters is 1. The van der Waals surface area contributed by atoms with E-state index in [0.29, 0.717) is 23.6 Å². The molecule has 7 heteroatoms. The Balaban J connectivity index is 1.69. The van der Waals surface area contributed by atoms with Crippen molar-refractivity contribution >= 4 is 23.4 Å². The van der Waals surface area contributed by atoms with Gasteiger partial charge >= 0.3 is 5.97 Å². The first-order valence-corrected chi connectivity index (χ1v) is 9.21. The summed E-state index contributed by atoms with van der Waals surface area (Å²) in [4.78, 5) is 34.8. The molecular weight excluding hydrogens is 368 g/mol. The Morgan fingerprint density at radius 1 is 1.03 bits per heavy atom. The minimum Gasteiger partial charge on any atom is -0.465 e. The van der Waals surface area contributed by atoms with E-state index in [4.69, 9.17) is 4.74 Å². The Bertz CT molecular complexity index is 975. The van der Waals surface area contributed by atoms with Crippen molar-refractivity contribution in [1.29, 1.82) is 0 Å². The maximum atomic E-state index is 12.5. The van der Waals surface area contributed by atoms with Gasteiger partial charge in [-0.05, 0) is 30.7 Å². The Labute approximate surface area is 169 Å². The molecule has 1 heterocycles. The normalized spacial score (nSPS) is 10.3. The van der Waals surface area contributed by atoms with Gasteiger partial charge in [0.05, 0.1) is 25.1 Å². The highest BCUT2D eigenvalue weighted by Crippen LogP contribution is 2.15. The van der Waals surface area contributed by atoms with Crippen LogP contribution in [0.3, 0.4) is 0 Å². The molecule has 0 atom stereocenters. The summed E-state index contributed by atoms with van der Waals surface area (Å²) in [6, 6.07) is 16.6. The van der Waals surface area contributed by atoms with Crippen LogP contribution >= 0.6 is 0 Å². The van der Waals surface area contributed by atoms with Gasteiger partial charge in [0.15, 0.2) is 0 Å². The number of hydrogen-bond donors (Lipinski definition) is 1. The van der Waals surface area contributed by atoms with Gasteiger partial charge in [-0.2, -0.15) is 0 Å². The summed E-state index contributed by atoms with van der Waals surface area (Å²) in [6.45, 7) is 3.51. The zero-order chi connectivity index (χ0) is 20.6. The van der Waals surface area contributed by atoms with E-state index in [9.17, 15) is 9.59 Å². The van der Waals surface area contributed by atoms with Gasteiger partial charge in [-0.1, -0.05) is 36.4 Å². The Morgan fingerprint density at radius 2 is 1.83 bits per heavy atom. The summed E-state index contributed by atoms with van der Waals surface area (Å²) in [5.74, 6) is -0.180. The Kier molecular flexibility index (Phi) is 6.52. The lowest BCUT2D eigenvalue weighted by molar-refractivity contribution is 0.0600. The van der Waals surface area contributed by atoms with E-state index >= 15 is 0 Å². The summed E-state index contributed by atoms with van der Waals surface area (Å²) in [5, 5.41) is 2.72. The van der Waals surface area contributed by atoms with Gasteiger partial charge in [-0.15, -0.1) is 0 Å². The average molecular weight is 390 g/mol. The maximum absolute atomic E-state index is 12.5. The number of nitrogens with zero attached hydrogens (tertiary/aromatic N) is 3. The molecule has 0 saturated heterocycles. The molecule has 148 valence electrons. The highest BCUT2D eigenvalue weighted by molar-refractivity contribution is 6.03. The fourth-order valence-electron chi connectivity index (χ4n) is 2.80. The van der Waals surface area contributed by atoms with Gasteiger partial charge in [-0.25, -0.2) is 14.8 Å². The second kappa shape index (κ2) is 9.45. The van der Waals surface area contributed by atoms with Crippen molar-refractivity contribution in [2.75, 3.05) is 23.9 Å². The number of rotatable bonds is 7. The van der Waals surface area contributed by atoms with Crippen molar-refractivity contribution in [2.45, 2.75) is 13.5 Å². The van der Waals surface area contributed by atoms with Gasteiger partial charge in [0.1, 0.15) is 11.5 Å². The minimum absolute atomic E-state index is 0.188. The smallest absolute Gasteiger partial charge is 0.337 e. The number of carbonyl (C=O) groups is 2. The zero-order valence-corrected chi connectivity index (χ0v) is 16.3. The van der Waals surface area contributed by atoms with Gasteiger partial charge in [-0.3, -0.25) is 4.79 Å². The number of hydrogen-bond acceptors (Lipinski definition) is 6. The molecule has 1 N–H and O–H groups in total. The summed E-state index contributed by atoms with van der Waals surface area (Å²) in [7, 11) is 1.31. The number of carbonyl (C=O) groups excluding carboxylic acids is 2. The summed E-state index contributed by atoms with van der Waals surface area (Å²) in [5.41, 5.74) is 2.19. The number of benzene rings is 2. The van der Waals surface area contributed by atoms with Crippen LogP contribution in [-0.2, 0) is 11.3 Å². The maximum Gasteiger partial charge on any atom is 0.337 e. The topological polar surface area (TPSA) is 84.4 Å². The molecule has 7 nitrogen and oxygen atoms in total. The molecule has 2 aromatic carbocycles. The molecule has 29 heavy (non-hydrogen) atoms. The average Bonchev–Trinajstić information content (AvgIpc) is 2.78. The van der Waals surface area contributed by atoms with Crippen LogP contribution in [0.4, 0.5) is 11.5 Å². The van der Waals surface area contributed by atoms with E-state index in [0.717, 1.165) is 6.54 Å². The molecule has 0 saturated carbocycles. The van der Waals surface area contributed by atoms with E-state index in [1.807, 2.05) is 25.1 Å². The van der Waals surface area contributed by atoms with E-state index < -0.39 is 11.9 Å². The summed E-state index contributed by atoms with van der Waals surface area (Å²) in [6.07, 6.45) is 3.04. The van der Waals surface area contributed by atoms with E-state index in [2.05, 4.69) is 32.3 Å². The quantitative estimate of drug-likeness (QED) is 0.621. The summed E-state index contributed by atoms with van der Waals surface area (Å²) >= 11 is 0. The molecule has 0 aliphatic carbocycles. The molecule has 0 fully saturated rings. The first-order chi connectivity index (χ1) is 14.1. The third kappa shape index (κ3) is 5.16. The van der Waals surface area contributed by atoms with Crippen molar-refractivity contribution in [3.63, 3.8) is 0 Å². The number of amides is 1. The lowest BCUT2D eigenvalue weighted by atomic mass is 10.2. The highest BCUT2D eigenvalue weighted by atomic mass is 16.5. The van der Waals surface area contributed by atoms with Crippen LogP contribution in [-0.4, -0.2) is 35.5 Å². The minimum atomic E-state index is -0.469. The molecule has 1 amide bonds. The molecule has 0 unspecified atom stereocenters. The Hall–Kier alpha value is -3.74. The number of aromatic nitrogens is 2. The van der Waals surface area contributed by atoms with Crippen LogP contribution in [0.5, 0.6) is 0 Å².